The van der Waals surface area contributed by atoms with Gasteiger partial charge in [0.05, 0.1) is 16.2 Å². The van der Waals surface area contributed by atoms with Gasteiger partial charge in [0.2, 0.25) is 5.78 Å². The number of Topliss-reactive ketones (excluding diaryl/α,β-unsaturated/α-hetero) is 1. The molecule has 0 N–H and O–H groups in total. The van der Waals surface area contributed by atoms with Crippen LogP contribution in [0.5, 0.6) is 0 Å². The predicted molar refractivity (Wildman–Crippen MR) is 88.7 cm³/mol. The highest BCUT2D eigenvalue weighted by atomic mass is 79.9. The Kier molecular flexibility index (Phi) is 5.12. The Labute approximate surface area is 132 Å². The third-order valence-corrected chi connectivity index (χ3v) is 8.95. The van der Waals surface area contributed by atoms with Crippen LogP contribution in [0, 0.1) is 0 Å². The number of rotatable bonds is 3. The van der Waals surface area contributed by atoms with Crippen molar-refractivity contribution in [1.82, 2.24) is 0 Å². The van der Waals surface area contributed by atoms with Crippen LogP contribution in [0.25, 0.3) is 0 Å². The molecule has 0 fully saturated rings. The van der Waals surface area contributed by atoms with Crippen molar-refractivity contribution in [3.8, 4) is 0 Å². The summed E-state index contributed by atoms with van der Waals surface area (Å²) < 4.78 is 12.8. The van der Waals surface area contributed by atoms with Gasteiger partial charge in [-0.15, -0.1) is 0 Å². The molecule has 0 unspecified atom stereocenters. The molecule has 1 aliphatic rings. The van der Waals surface area contributed by atoms with Crippen molar-refractivity contribution in [3.63, 3.8) is 0 Å². The van der Waals surface area contributed by atoms with E-state index in [-0.39, 0.29) is 22.5 Å². The van der Waals surface area contributed by atoms with Crippen LogP contribution in [0.4, 0.5) is 0 Å². The second-order valence-electron chi connectivity index (χ2n) is 7.87. The predicted octanol–water partition coefficient (Wildman–Crippen LogP) is 4.42. The molecule has 0 amide bonds. The summed E-state index contributed by atoms with van der Waals surface area (Å²) >= 11 is 3.32. The lowest BCUT2D eigenvalue weighted by atomic mass is 10.1. The summed E-state index contributed by atoms with van der Waals surface area (Å²) in [6.45, 7) is 16.8. The van der Waals surface area contributed by atoms with Gasteiger partial charge >= 0.3 is 0 Å². The standard InChI is InChI=1S/C15H27BrO3Si/c1-14(2,3)18-13-11(9-10(16)12(13)17)19-20(7,8)15(4,5)6/h9,11,13H,1-8H3/t11-,13+/m1/s1. The van der Waals surface area contributed by atoms with Gasteiger partial charge in [-0.1, -0.05) is 20.8 Å². The summed E-state index contributed by atoms with van der Waals surface area (Å²) in [5.74, 6) is -0.0244. The zero-order valence-corrected chi connectivity index (χ0v) is 16.4. The van der Waals surface area contributed by atoms with Crippen LogP contribution < -0.4 is 0 Å². The van der Waals surface area contributed by atoms with Crippen LogP contribution in [-0.4, -0.2) is 31.9 Å². The van der Waals surface area contributed by atoms with Gasteiger partial charge in [-0.25, -0.2) is 0 Å². The fraction of sp³-hybridized carbons (Fsp3) is 0.800. The zero-order chi connectivity index (χ0) is 15.9. The van der Waals surface area contributed by atoms with E-state index in [0.717, 1.165) is 0 Å². The number of halogens is 1. The minimum absolute atomic E-state index is 0.0244. The van der Waals surface area contributed by atoms with Crippen LogP contribution in [0.2, 0.25) is 18.1 Å². The number of ketones is 1. The normalized spacial score (nSPS) is 25.1. The first kappa shape index (κ1) is 18.1. The average molecular weight is 363 g/mol. The molecule has 116 valence electrons. The number of carbonyl (C=O) groups excluding carboxylic acids is 1. The van der Waals surface area contributed by atoms with Gasteiger partial charge in [-0.2, -0.15) is 0 Å². The van der Waals surface area contributed by atoms with Crippen molar-refractivity contribution < 1.29 is 14.0 Å². The minimum atomic E-state index is -1.94. The van der Waals surface area contributed by atoms with Gasteiger partial charge in [0.1, 0.15) is 0 Å². The molecular weight excluding hydrogens is 336 g/mol. The maximum atomic E-state index is 12.2. The van der Waals surface area contributed by atoms with Crippen molar-refractivity contribution in [2.75, 3.05) is 0 Å². The molecule has 1 rings (SSSR count). The molecule has 0 saturated carbocycles. The van der Waals surface area contributed by atoms with Gasteiger partial charge in [-0.05, 0) is 60.9 Å². The number of hydrogen-bond acceptors (Lipinski definition) is 3. The van der Waals surface area contributed by atoms with Gasteiger partial charge < -0.3 is 9.16 Å². The Balaban J connectivity index is 2.94. The van der Waals surface area contributed by atoms with Crippen LogP contribution in [0.1, 0.15) is 41.5 Å². The molecule has 5 heteroatoms. The monoisotopic (exact) mass is 362 g/mol. The van der Waals surface area contributed by atoms with E-state index in [2.05, 4.69) is 49.8 Å². The van der Waals surface area contributed by atoms with E-state index >= 15 is 0 Å². The Morgan fingerprint density at radius 3 is 2.05 bits per heavy atom. The fourth-order valence-electron chi connectivity index (χ4n) is 1.71. The first-order valence-electron chi connectivity index (χ1n) is 7.02. The summed E-state index contributed by atoms with van der Waals surface area (Å²) in [7, 11) is -1.94. The van der Waals surface area contributed by atoms with Crippen molar-refractivity contribution in [2.45, 2.75) is 77.5 Å². The summed E-state index contributed by atoms with van der Waals surface area (Å²) in [4.78, 5) is 12.2. The van der Waals surface area contributed by atoms with E-state index < -0.39 is 14.4 Å². The molecule has 1 aliphatic carbocycles. The lowest BCUT2D eigenvalue weighted by Gasteiger charge is -2.39. The Hall–Kier alpha value is 0.0269. The zero-order valence-electron chi connectivity index (χ0n) is 13.8. The molecular formula is C15H27BrO3Si. The lowest BCUT2D eigenvalue weighted by molar-refractivity contribution is -0.141. The van der Waals surface area contributed by atoms with E-state index in [1.807, 2.05) is 26.8 Å². The largest absolute Gasteiger partial charge is 0.407 e. The van der Waals surface area contributed by atoms with Crippen LogP contribution in [-0.2, 0) is 14.0 Å². The second kappa shape index (κ2) is 5.67. The van der Waals surface area contributed by atoms with E-state index in [4.69, 9.17) is 9.16 Å². The van der Waals surface area contributed by atoms with Crippen LogP contribution in [0.3, 0.4) is 0 Å². The molecule has 0 radical (unpaired) electrons. The maximum absolute atomic E-state index is 12.2. The topological polar surface area (TPSA) is 35.5 Å². The van der Waals surface area contributed by atoms with Crippen molar-refractivity contribution in [3.05, 3.63) is 10.6 Å². The van der Waals surface area contributed by atoms with Crippen molar-refractivity contribution in [1.29, 1.82) is 0 Å². The molecule has 0 bridgehead atoms. The number of hydrogen-bond donors (Lipinski definition) is 0. The molecule has 0 saturated heterocycles. The van der Waals surface area contributed by atoms with E-state index in [1.165, 1.54) is 0 Å². The van der Waals surface area contributed by atoms with Gasteiger partial charge in [0, 0.05) is 0 Å². The number of ether oxygens (including phenoxy) is 1. The van der Waals surface area contributed by atoms with E-state index in [9.17, 15) is 4.79 Å². The summed E-state index contributed by atoms with van der Waals surface area (Å²) in [6, 6.07) is 0. The van der Waals surface area contributed by atoms with Gasteiger partial charge in [-0.3, -0.25) is 4.79 Å². The fourth-order valence-corrected chi connectivity index (χ4v) is 3.42. The molecule has 0 spiro atoms. The average Bonchev–Trinajstić information content (AvgIpc) is 2.41. The SMILES string of the molecule is CC(C)(C)O[C@@H]1C(=O)C(Br)=C[C@H]1O[Si](C)(C)C(C)(C)C. The van der Waals surface area contributed by atoms with Crippen molar-refractivity contribution >= 4 is 30.0 Å². The maximum Gasteiger partial charge on any atom is 0.201 e. The summed E-state index contributed by atoms with van der Waals surface area (Å²) in [5.41, 5.74) is -0.374. The second-order valence-corrected chi connectivity index (χ2v) is 13.5. The Morgan fingerprint density at radius 2 is 1.65 bits per heavy atom. The van der Waals surface area contributed by atoms with Gasteiger partial charge in [0.25, 0.3) is 0 Å². The smallest absolute Gasteiger partial charge is 0.201 e. The van der Waals surface area contributed by atoms with Crippen LogP contribution >= 0.6 is 15.9 Å². The quantitative estimate of drug-likeness (QED) is 0.696. The third kappa shape index (κ3) is 4.26. The molecule has 0 aliphatic heterocycles. The highest BCUT2D eigenvalue weighted by Gasteiger charge is 2.45. The molecule has 2 atom stereocenters. The highest BCUT2D eigenvalue weighted by Crippen LogP contribution is 2.40. The molecule has 3 nitrogen and oxygen atoms in total. The summed E-state index contributed by atoms with van der Waals surface area (Å²) in [6.07, 6.45) is 1.01. The molecule has 0 aromatic carbocycles. The highest BCUT2D eigenvalue weighted by molar-refractivity contribution is 9.12. The first-order valence-corrected chi connectivity index (χ1v) is 10.7. The first-order chi connectivity index (χ1) is 8.74. The lowest BCUT2D eigenvalue weighted by Crippen LogP contribution is -2.48. The van der Waals surface area contributed by atoms with E-state index in [0.29, 0.717) is 4.48 Å². The Morgan fingerprint density at radius 1 is 1.15 bits per heavy atom. The molecule has 0 aromatic rings. The van der Waals surface area contributed by atoms with Gasteiger partial charge in [0.15, 0.2) is 14.4 Å². The molecule has 0 aromatic heterocycles. The summed E-state index contributed by atoms with van der Waals surface area (Å²) in [5, 5.41) is 0.102. The van der Waals surface area contributed by atoms with Crippen LogP contribution in [0.15, 0.2) is 10.6 Å². The minimum Gasteiger partial charge on any atom is -0.407 e. The van der Waals surface area contributed by atoms with Crippen molar-refractivity contribution in [2.24, 2.45) is 0 Å². The molecule has 0 heterocycles. The number of carbonyl (C=O) groups is 1. The molecule has 20 heavy (non-hydrogen) atoms. The Bertz CT molecular complexity index is 416. The third-order valence-electron chi connectivity index (χ3n) is 3.82. The van der Waals surface area contributed by atoms with E-state index in [1.54, 1.807) is 0 Å².